The Hall–Kier alpha value is -1.39. The topological polar surface area (TPSA) is 49.8 Å². The van der Waals surface area contributed by atoms with Crippen molar-refractivity contribution in [1.29, 1.82) is 0 Å². The van der Waals surface area contributed by atoms with E-state index in [9.17, 15) is 4.79 Å². The number of hydrogen-bond acceptors (Lipinski definition) is 4. The van der Waals surface area contributed by atoms with Gasteiger partial charge in [0.15, 0.2) is 0 Å². The Balaban J connectivity index is 2.34. The van der Waals surface area contributed by atoms with Crippen molar-refractivity contribution in [1.82, 2.24) is 4.90 Å². The standard InChI is InChI=1S/C13H17NO3/c1-2-10-3-4-13-11(7-10)12(8-16)14(5-6-15)9-17-13/h3-4,7-8,12,15H,2,5-6,9H2,1H3. The summed E-state index contributed by atoms with van der Waals surface area (Å²) in [5, 5.41) is 8.97. The van der Waals surface area contributed by atoms with Gasteiger partial charge in [-0.15, -0.1) is 0 Å². The lowest BCUT2D eigenvalue weighted by atomic mass is 10.0. The van der Waals surface area contributed by atoms with Gasteiger partial charge in [0.1, 0.15) is 18.8 Å². The molecule has 0 saturated heterocycles. The minimum atomic E-state index is -0.308. The van der Waals surface area contributed by atoms with Crippen molar-refractivity contribution < 1.29 is 14.6 Å². The molecular weight excluding hydrogens is 218 g/mol. The average molecular weight is 235 g/mol. The van der Waals surface area contributed by atoms with E-state index in [1.165, 1.54) is 5.56 Å². The van der Waals surface area contributed by atoms with Crippen molar-refractivity contribution in [2.75, 3.05) is 19.9 Å². The van der Waals surface area contributed by atoms with Crippen LogP contribution in [0.15, 0.2) is 18.2 Å². The molecule has 0 radical (unpaired) electrons. The quantitative estimate of drug-likeness (QED) is 0.795. The van der Waals surface area contributed by atoms with Gasteiger partial charge < -0.3 is 14.6 Å². The van der Waals surface area contributed by atoms with Crippen molar-refractivity contribution in [2.24, 2.45) is 0 Å². The zero-order chi connectivity index (χ0) is 12.3. The van der Waals surface area contributed by atoms with Gasteiger partial charge in [-0.25, -0.2) is 0 Å². The van der Waals surface area contributed by atoms with E-state index in [0.29, 0.717) is 13.3 Å². The number of carbonyl (C=O) groups is 1. The van der Waals surface area contributed by atoms with Crippen molar-refractivity contribution >= 4 is 6.29 Å². The van der Waals surface area contributed by atoms with E-state index in [1.807, 2.05) is 23.1 Å². The molecule has 0 saturated carbocycles. The molecule has 92 valence electrons. The predicted octanol–water partition coefficient (Wildman–Crippen LogP) is 1.13. The van der Waals surface area contributed by atoms with Crippen LogP contribution < -0.4 is 4.74 Å². The van der Waals surface area contributed by atoms with Gasteiger partial charge >= 0.3 is 0 Å². The van der Waals surface area contributed by atoms with Crippen molar-refractivity contribution in [3.05, 3.63) is 29.3 Å². The number of nitrogens with zero attached hydrogens (tertiary/aromatic N) is 1. The lowest BCUT2D eigenvalue weighted by Gasteiger charge is -2.33. The van der Waals surface area contributed by atoms with Gasteiger partial charge in [0.05, 0.1) is 12.6 Å². The summed E-state index contributed by atoms with van der Waals surface area (Å²) in [7, 11) is 0. The number of carbonyl (C=O) groups excluding carboxylic acids is 1. The molecule has 0 aromatic heterocycles. The second kappa shape index (κ2) is 5.29. The molecule has 1 N–H and O–H groups in total. The molecule has 0 bridgehead atoms. The molecule has 1 atom stereocenters. The zero-order valence-corrected chi connectivity index (χ0v) is 9.93. The largest absolute Gasteiger partial charge is 0.478 e. The molecule has 4 nitrogen and oxygen atoms in total. The number of hydrogen-bond donors (Lipinski definition) is 1. The number of aliphatic hydroxyl groups excluding tert-OH is 1. The molecular formula is C13H17NO3. The van der Waals surface area contributed by atoms with E-state index < -0.39 is 0 Å². The molecule has 0 amide bonds. The smallest absolute Gasteiger partial charge is 0.143 e. The van der Waals surface area contributed by atoms with Crippen LogP contribution in [0, 0.1) is 0 Å². The third-order valence-corrected chi connectivity index (χ3v) is 3.10. The maximum Gasteiger partial charge on any atom is 0.143 e. The number of aryl methyl sites for hydroxylation is 1. The number of aliphatic hydroxyl groups is 1. The maximum atomic E-state index is 11.2. The van der Waals surface area contributed by atoms with Gasteiger partial charge in [-0.1, -0.05) is 19.1 Å². The Kier molecular flexibility index (Phi) is 3.76. The minimum Gasteiger partial charge on any atom is -0.478 e. The van der Waals surface area contributed by atoms with Crippen molar-refractivity contribution in [3.8, 4) is 5.75 Å². The fourth-order valence-electron chi connectivity index (χ4n) is 2.10. The normalized spacial score (nSPS) is 19.5. The first kappa shape index (κ1) is 12.1. The number of rotatable bonds is 4. The van der Waals surface area contributed by atoms with Crippen LogP contribution in [-0.2, 0) is 11.2 Å². The van der Waals surface area contributed by atoms with Crippen LogP contribution in [0.5, 0.6) is 5.75 Å². The number of benzene rings is 1. The summed E-state index contributed by atoms with van der Waals surface area (Å²) in [5.74, 6) is 0.772. The second-order valence-corrected chi connectivity index (χ2v) is 4.12. The van der Waals surface area contributed by atoms with E-state index in [0.717, 1.165) is 24.0 Å². The Bertz CT molecular complexity index is 406. The lowest BCUT2D eigenvalue weighted by molar-refractivity contribution is -0.115. The van der Waals surface area contributed by atoms with Crippen molar-refractivity contribution in [3.63, 3.8) is 0 Å². The highest BCUT2D eigenvalue weighted by molar-refractivity contribution is 5.65. The molecule has 1 aliphatic heterocycles. The summed E-state index contributed by atoms with van der Waals surface area (Å²) in [5.41, 5.74) is 2.09. The predicted molar refractivity (Wildman–Crippen MR) is 63.9 cm³/mol. The monoisotopic (exact) mass is 235 g/mol. The van der Waals surface area contributed by atoms with E-state index in [-0.39, 0.29) is 12.6 Å². The Morgan fingerprint density at radius 3 is 3.06 bits per heavy atom. The van der Waals surface area contributed by atoms with Crippen LogP contribution in [0.4, 0.5) is 0 Å². The third kappa shape index (κ3) is 2.33. The van der Waals surface area contributed by atoms with Gasteiger partial charge in [-0.3, -0.25) is 4.90 Å². The van der Waals surface area contributed by atoms with Crippen LogP contribution in [-0.4, -0.2) is 36.2 Å². The van der Waals surface area contributed by atoms with E-state index in [4.69, 9.17) is 9.84 Å². The van der Waals surface area contributed by atoms with Crippen LogP contribution in [0.2, 0.25) is 0 Å². The Morgan fingerprint density at radius 2 is 2.41 bits per heavy atom. The molecule has 1 heterocycles. The van der Waals surface area contributed by atoms with Crippen LogP contribution >= 0.6 is 0 Å². The molecule has 1 aliphatic rings. The number of β-amino-alcohol motifs (C(OH)–C–C–N with tert-alkyl or cyclic N) is 1. The molecule has 0 spiro atoms. The van der Waals surface area contributed by atoms with Crippen molar-refractivity contribution in [2.45, 2.75) is 19.4 Å². The Labute approximate surface area is 101 Å². The molecule has 17 heavy (non-hydrogen) atoms. The van der Waals surface area contributed by atoms with Crippen LogP contribution in [0.1, 0.15) is 24.1 Å². The van der Waals surface area contributed by atoms with E-state index in [2.05, 4.69) is 6.92 Å². The number of fused-ring (bicyclic) bond motifs is 1. The highest BCUT2D eigenvalue weighted by Crippen LogP contribution is 2.33. The van der Waals surface area contributed by atoms with Gasteiger partial charge in [0.2, 0.25) is 0 Å². The summed E-state index contributed by atoms with van der Waals surface area (Å²) < 4.78 is 5.58. The highest BCUT2D eigenvalue weighted by atomic mass is 16.5. The van der Waals surface area contributed by atoms with Gasteiger partial charge in [0.25, 0.3) is 0 Å². The van der Waals surface area contributed by atoms with E-state index in [1.54, 1.807) is 0 Å². The first-order valence-corrected chi connectivity index (χ1v) is 5.86. The Morgan fingerprint density at radius 1 is 1.59 bits per heavy atom. The second-order valence-electron chi connectivity index (χ2n) is 4.12. The molecule has 0 aliphatic carbocycles. The SMILES string of the molecule is CCc1ccc2c(c1)C(C=O)N(CCO)CO2. The fraction of sp³-hybridized carbons (Fsp3) is 0.462. The minimum absolute atomic E-state index is 0.0243. The molecule has 0 fully saturated rings. The third-order valence-electron chi connectivity index (χ3n) is 3.10. The fourth-order valence-corrected chi connectivity index (χ4v) is 2.10. The summed E-state index contributed by atoms with van der Waals surface area (Å²) in [6.07, 6.45) is 1.84. The molecule has 4 heteroatoms. The lowest BCUT2D eigenvalue weighted by Crippen LogP contribution is -2.39. The highest BCUT2D eigenvalue weighted by Gasteiger charge is 2.27. The number of aldehydes is 1. The summed E-state index contributed by atoms with van der Waals surface area (Å²) in [6.45, 7) is 2.89. The maximum absolute atomic E-state index is 11.2. The molecule has 1 aromatic carbocycles. The molecule has 2 rings (SSSR count). The van der Waals surface area contributed by atoms with Gasteiger partial charge in [0, 0.05) is 12.1 Å². The summed E-state index contributed by atoms with van der Waals surface area (Å²) in [4.78, 5) is 13.1. The zero-order valence-electron chi connectivity index (χ0n) is 9.93. The molecule has 1 unspecified atom stereocenters. The van der Waals surface area contributed by atoms with Gasteiger partial charge in [-0.2, -0.15) is 0 Å². The summed E-state index contributed by atoms with van der Waals surface area (Å²) in [6, 6.07) is 5.64. The van der Waals surface area contributed by atoms with E-state index >= 15 is 0 Å². The first-order chi connectivity index (χ1) is 8.30. The van der Waals surface area contributed by atoms with Crippen LogP contribution in [0.25, 0.3) is 0 Å². The number of ether oxygens (including phenoxy) is 1. The van der Waals surface area contributed by atoms with Crippen LogP contribution in [0.3, 0.4) is 0 Å². The summed E-state index contributed by atoms with van der Waals surface area (Å²) >= 11 is 0. The molecule has 1 aromatic rings. The first-order valence-electron chi connectivity index (χ1n) is 5.86. The average Bonchev–Trinajstić information content (AvgIpc) is 2.38. The van der Waals surface area contributed by atoms with Gasteiger partial charge in [-0.05, 0) is 18.1 Å².